The quantitative estimate of drug-likeness (QED) is 0.846. The van der Waals surface area contributed by atoms with Gasteiger partial charge in [0.25, 0.3) is 0 Å². The van der Waals surface area contributed by atoms with Crippen molar-refractivity contribution >= 4 is 17.3 Å². The lowest BCUT2D eigenvalue weighted by atomic mass is 10.0. The second-order valence-electron chi connectivity index (χ2n) is 4.55. The maximum atomic E-state index is 10.3. The molecule has 0 saturated carbocycles. The molecular weight excluding hydrogens is 262 g/mol. The molecule has 0 bridgehead atoms. The lowest BCUT2D eigenvalue weighted by Gasteiger charge is -2.12. The van der Waals surface area contributed by atoms with Crippen LogP contribution in [0.2, 0.25) is 5.02 Å². The van der Waals surface area contributed by atoms with Gasteiger partial charge in [0.05, 0.1) is 22.5 Å². The van der Waals surface area contributed by atoms with E-state index in [4.69, 9.17) is 17.3 Å². The molecule has 1 heterocycles. The van der Waals surface area contributed by atoms with Crippen molar-refractivity contribution in [3.8, 4) is 0 Å². The van der Waals surface area contributed by atoms with Crippen molar-refractivity contribution in [3.05, 3.63) is 46.2 Å². The molecule has 19 heavy (non-hydrogen) atoms. The first kappa shape index (κ1) is 13.9. The summed E-state index contributed by atoms with van der Waals surface area (Å²) in [5.74, 6) is 0. The smallest absolute Gasteiger partial charge is 0.0848 e. The summed E-state index contributed by atoms with van der Waals surface area (Å²) in [6, 6.07) is 7.21. The first-order valence-electron chi connectivity index (χ1n) is 6.28. The standard InChI is InChI=1S/C14H18ClN3O/c1-3-18-12(14(15)9(2)17-18)8-13(19)10-4-6-11(16)7-5-10/h4-7,13,19H,3,8,16H2,1-2H3. The Morgan fingerprint density at radius 3 is 2.58 bits per heavy atom. The summed E-state index contributed by atoms with van der Waals surface area (Å²) in [7, 11) is 0. The van der Waals surface area contributed by atoms with Crippen LogP contribution in [0.4, 0.5) is 5.69 Å². The van der Waals surface area contributed by atoms with Crippen LogP contribution in [0.3, 0.4) is 0 Å². The minimum Gasteiger partial charge on any atom is -0.399 e. The zero-order chi connectivity index (χ0) is 14.0. The largest absolute Gasteiger partial charge is 0.399 e. The van der Waals surface area contributed by atoms with Crippen molar-refractivity contribution in [1.29, 1.82) is 0 Å². The number of hydrogen-bond donors (Lipinski definition) is 2. The van der Waals surface area contributed by atoms with Crippen LogP contribution in [-0.4, -0.2) is 14.9 Å². The third kappa shape index (κ3) is 2.91. The van der Waals surface area contributed by atoms with Crippen LogP contribution in [0.1, 0.15) is 30.0 Å². The van der Waals surface area contributed by atoms with Crippen LogP contribution in [0.25, 0.3) is 0 Å². The molecule has 3 N–H and O–H groups in total. The van der Waals surface area contributed by atoms with Gasteiger partial charge in [-0.2, -0.15) is 5.10 Å². The Labute approximate surface area is 117 Å². The number of aromatic nitrogens is 2. The second-order valence-corrected chi connectivity index (χ2v) is 4.93. The fourth-order valence-corrected chi connectivity index (χ4v) is 2.30. The number of hydrogen-bond acceptors (Lipinski definition) is 3. The summed E-state index contributed by atoms with van der Waals surface area (Å²) >= 11 is 6.24. The predicted molar refractivity (Wildman–Crippen MR) is 77.2 cm³/mol. The molecule has 0 aliphatic carbocycles. The predicted octanol–water partition coefficient (Wildman–Crippen LogP) is 2.72. The molecular formula is C14H18ClN3O. The van der Waals surface area contributed by atoms with Gasteiger partial charge < -0.3 is 10.8 Å². The number of rotatable bonds is 4. The summed E-state index contributed by atoms with van der Waals surface area (Å²) in [6.07, 6.45) is -0.170. The van der Waals surface area contributed by atoms with Gasteiger partial charge in [0.1, 0.15) is 0 Å². The van der Waals surface area contributed by atoms with E-state index in [2.05, 4.69) is 5.10 Å². The van der Waals surface area contributed by atoms with Crippen LogP contribution in [0.15, 0.2) is 24.3 Å². The first-order valence-corrected chi connectivity index (χ1v) is 6.66. The zero-order valence-corrected chi connectivity index (χ0v) is 11.9. The van der Waals surface area contributed by atoms with Gasteiger partial charge in [-0.3, -0.25) is 4.68 Å². The lowest BCUT2D eigenvalue weighted by Crippen LogP contribution is -2.09. The number of aliphatic hydroxyl groups is 1. The molecule has 0 saturated heterocycles. The normalized spacial score (nSPS) is 12.6. The van der Waals surface area contributed by atoms with E-state index in [-0.39, 0.29) is 0 Å². The molecule has 0 aliphatic rings. The van der Waals surface area contributed by atoms with Crippen LogP contribution in [0, 0.1) is 6.92 Å². The van der Waals surface area contributed by atoms with E-state index in [9.17, 15) is 5.11 Å². The first-order chi connectivity index (χ1) is 9.02. The average molecular weight is 280 g/mol. The maximum Gasteiger partial charge on any atom is 0.0848 e. The van der Waals surface area contributed by atoms with Crippen LogP contribution >= 0.6 is 11.6 Å². The minimum absolute atomic E-state index is 0.442. The highest BCUT2D eigenvalue weighted by Crippen LogP contribution is 2.26. The van der Waals surface area contributed by atoms with Crippen molar-refractivity contribution in [3.63, 3.8) is 0 Å². The SMILES string of the molecule is CCn1nc(C)c(Cl)c1CC(O)c1ccc(N)cc1. The number of nitrogens with two attached hydrogens (primary N) is 1. The van der Waals surface area contributed by atoms with Gasteiger partial charge in [0.15, 0.2) is 0 Å². The number of halogens is 1. The van der Waals surface area contributed by atoms with Gasteiger partial charge >= 0.3 is 0 Å². The Bertz CT molecular complexity index is 563. The molecule has 1 atom stereocenters. The Balaban J connectivity index is 2.23. The molecule has 4 nitrogen and oxygen atoms in total. The van der Waals surface area contributed by atoms with Crippen molar-refractivity contribution < 1.29 is 5.11 Å². The lowest BCUT2D eigenvalue weighted by molar-refractivity contribution is 0.175. The number of nitrogen functional groups attached to an aromatic ring is 1. The molecule has 0 radical (unpaired) electrons. The van der Waals surface area contributed by atoms with E-state index in [1.165, 1.54) is 0 Å². The van der Waals surface area contributed by atoms with E-state index >= 15 is 0 Å². The van der Waals surface area contributed by atoms with Gasteiger partial charge in [-0.25, -0.2) is 0 Å². The third-order valence-corrected chi connectivity index (χ3v) is 3.65. The van der Waals surface area contributed by atoms with E-state index in [1.54, 1.807) is 12.1 Å². The molecule has 0 aliphatic heterocycles. The molecule has 0 spiro atoms. The number of benzene rings is 1. The van der Waals surface area contributed by atoms with E-state index < -0.39 is 6.10 Å². The topological polar surface area (TPSA) is 64.1 Å². The van der Waals surface area contributed by atoms with Crippen molar-refractivity contribution in [2.24, 2.45) is 0 Å². The van der Waals surface area contributed by atoms with E-state index in [1.807, 2.05) is 30.7 Å². The van der Waals surface area contributed by atoms with Gasteiger partial charge in [-0.05, 0) is 31.5 Å². The van der Waals surface area contributed by atoms with Gasteiger partial charge in [0.2, 0.25) is 0 Å². The van der Waals surface area contributed by atoms with E-state index in [0.29, 0.717) is 17.1 Å². The number of aryl methyl sites for hydroxylation is 2. The molecule has 0 fully saturated rings. The highest BCUT2D eigenvalue weighted by molar-refractivity contribution is 6.31. The highest BCUT2D eigenvalue weighted by atomic mass is 35.5. The molecule has 102 valence electrons. The third-order valence-electron chi connectivity index (χ3n) is 3.16. The summed E-state index contributed by atoms with van der Waals surface area (Å²) in [5.41, 5.74) is 8.81. The number of aliphatic hydroxyl groups excluding tert-OH is 1. The molecule has 0 amide bonds. The van der Waals surface area contributed by atoms with E-state index in [0.717, 1.165) is 23.5 Å². The van der Waals surface area contributed by atoms with Crippen LogP contribution in [-0.2, 0) is 13.0 Å². The summed E-state index contributed by atoms with van der Waals surface area (Å²) in [4.78, 5) is 0. The average Bonchev–Trinajstić information content (AvgIpc) is 2.67. The summed E-state index contributed by atoms with van der Waals surface area (Å²) in [6.45, 7) is 4.60. The molecule has 2 aromatic rings. The number of anilines is 1. The van der Waals surface area contributed by atoms with Crippen molar-refractivity contribution in [2.45, 2.75) is 32.9 Å². The molecule has 1 aromatic heterocycles. The molecule has 1 unspecified atom stereocenters. The number of nitrogens with zero attached hydrogens (tertiary/aromatic N) is 2. The Morgan fingerprint density at radius 2 is 2.00 bits per heavy atom. The Morgan fingerprint density at radius 1 is 1.37 bits per heavy atom. The van der Waals surface area contributed by atoms with Crippen molar-refractivity contribution in [1.82, 2.24) is 9.78 Å². The van der Waals surface area contributed by atoms with Crippen molar-refractivity contribution in [2.75, 3.05) is 5.73 Å². The minimum atomic E-state index is -0.612. The highest BCUT2D eigenvalue weighted by Gasteiger charge is 2.17. The fraction of sp³-hybridized carbons (Fsp3) is 0.357. The van der Waals surface area contributed by atoms with Crippen LogP contribution < -0.4 is 5.73 Å². The van der Waals surface area contributed by atoms with Gasteiger partial charge in [-0.1, -0.05) is 23.7 Å². The maximum absolute atomic E-state index is 10.3. The summed E-state index contributed by atoms with van der Waals surface area (Å²) < 4.78 is 1.83. The second kappa shape index (κ2) is 5.63. The molecule has 1 aromatic carbocycles. The van der Waals surface area contributed by atoms with Gasteiger partial charge in [0, 0.05) is 18.7 Å². The van der Waals surface area contributed by atoms with Gasteiger partial charge in [-0.15, -0.1) is 0 Å². The zero-order valence-electron chi connectivity index (χ0n) is 11.1. The Kier molecular flexibility index (Phi) is 4.12. The Hall–Kier alpha value is -1.52. The van der Waals surface area contributed by atoms with Crippen LogP contribution in [0.5, 0.6) is 0 Å². The fourth-order valence-electron chi connectivity index (χ4n) is 2.08. The summed E-state index contributed by atoms with van der Waals surface area (Å²) in [5, 5.41) is 15.3. The molecule has 5 heteroatoms. The molecule has 2 rings (SSSR count). The monoisotopic (exact) mass is 279 g/mol.